The molecule has 7 heteroatoms. The van der Waals surface area contributed by atoms with Crippen LogP contribution in [-0.4, -0.2) is 38.0 Å². The SMILES string of the molecule is O=C(Cn1cc(C(=O)O)nn1)NC1C2C3CCC(C3)C12. The van der Waals surface area contributed by atoms with Crippen LogP contribution in [0.2, 0.25) is 0 Å². The number of carboxylic acids is 1. The van der Waals surface area contributed by atoms with Gasteiger partial charge < -0.3 is 10.4 Å². The van der Waals surface area contributed by atoms with Crippen LogP contribution in [0.3, 0.4) is 0 Å². The second kappa shape index (κ2) is 4.04. The van der Waals surface area contributed by atoms with Crippen molar-refractivity contribution in [2.24, 2.45) is 23.7 Å². The summed E-state index contributed by atoms with van der Waals surface area (Å²) in [7, 11) is 0. The number of rotatable bonds is 4. The minimum Gasteiger partial charge on any atom is -0.476 e. The predicted octanol–water partition coefficient (Wildman–Crippen LogP) is 0.137. The number of aromatic nitrogens is 3. The van der Waals surface area contributed by atoms with E-state index in [0.717, 1.165) is 11.8 Å². The topological polar surface area (TPSA) is 97.1 Å². The van der Waals surface area contributed by atoms with Gasteiger partial charge in [-0.25, -0.2) is 9.48 Å². The Morgan fingerprint density at radius 1 is 1.35 bits per heavy atom. The first-order valence-electron chi connectivity index (χ1n) is 7.06. The van der Waals surface area contributed by atoms with Crippen molar-refractivity contribution < 1.29 is 14.7 Å². The average molecular weight is 276 g/mol. The van der Waals surface area contributed by atoms with Crippen molar-refractivity contribution in [3.8, 4) is 0 Å². The Hall–Kier alpha value is -1.92. The Labute approximate surface area is 115 Å². The number of fused-ring (bicyclic) bond motifs is 5. The Morgan fingerprint density at radius 3 is 2.65 bits per heavy atom. The van der Waals surface area contributed by atoms with E-state index in [1.807, 2.05) is 0 Å². The number of carbonyl (C=O) groups is 2. The molecule has 4 atom stereocenters. The van der Waals surface area contributed by atoms with Crippen LogP contribution in [-0.2, 0) is 11.3 Å². The van der Waals surface area contributed by atoms with Crippen molar-refractivity contribution in [1.82, 2.24) is 20.3 Å². The molecular formula is C13H16N4O3. The van der Waals surface area contributed by atoms with E-state index in [9.17, 15) is 9.59 Å². The van der Waals surface area contributed by atoms with Crippen LogP contribution >= 0.6 is 0 Å². The fourth-order valence-electron chi connectivity index (χ4n) is 4.37. The highest BCUT2D eigenvalue weighted by Gasteiger charge is 2.65. The van der Waals surface area contributed by atoms with Crippen molar-refractivity contribution in [3.63, 3.8) is 0 Å². The minimum absolute atomic E-state index is 0.0333. The molecule has 2 bridgehead atoms. The molecule has 1 aromatic heterocycles. The van der Waals surface area contributed by atoms with Gasteiger partial charge in [0.2, 0.25) is 5.91 Å². The van der Waals surface area contributed by atoms with E-state index in [0.29, 0.717) is 17.9 Å². The number of aromatic carboxylic acids is 1. The lowest BCUT2D eigenvalue weighted by Gasteiger charge is -2.10. The Kier molecular flexibility index (Phi) is 2.40. The van der Waals surface area contributed by atoms with Crippen LogP contribution in [0.5, 0.6) is 0 Å². The van der Waals surface area contributed by atoms with Crippen LogP contribution in [0.25, 0.3) is 0 Å². The van der Waals surface area contributed by atoms with E-state index in [1.54, 1.807) is 0 Å². The molecule has 4 rings (SSSR count). The van der Waals surface area contributed by atoms with Gasteiger partial charge in [-0.1, -0.05) is 5.21 Å². The zero-order chi connectivity index (χ0) is 13.9. The zero-order valence-electron chi connectivity index (χ0n) is 10.9. The van der Waals surface area contributed by atoms with E-state index >= 15 is 0 Å². The highest BCUT2D eigenvalue weighted by atomic mass is 16.4. The number of hydrogen-bond acceptors (Lipinski definition) is 4. The van der Waals surface area contributed by atoms with Gasteiger partial charge in [0, 0.05) is 6.04 Å². The number of amides is 1. The first kappa shape index (κ1) is 11.9. The van der Waals surface area contributed by atoms with Crippen LogP contribution in [0.1, 0.15) is 29.8 Å². The largest absolute Gasteiger partial charge is 0.476 e. The molecule has 4 unspecified atom stereocenters. The van der Waals surface area contributed by atoms with Gasteiger partial charge in [0.25, 0.3) is 0 Å². The Bertz CT molecular complexity index is 568. The maximum absolute atomic E-state index is 12.0. The predicted molar refractivity (Wildman–Crippen MR) is 66.7 cm³/mol. The number of hydrogen-bond donors (Lipinski definition) is 2. The third-order valence-electron chi connectivity index (χ3n) is 5.13. The fraction of sp³-hybridized carbons (Fsp3) is 0.692. The minimum atomic E-state index is -1.13. The summed E-state index contributed by atoms with van der Waals surface area (Å²) in [5.41, 5.74) is -0.140. The van der Waals surface area contributed by atoms with Gasteiger partial charge in [-0.05, 0) is 42.9 Å². The molecule has 3 aliphatic rings. The highest BCUT2D eigenvalue weighted by molar-refractivity contribution is 5.84. The van der Waals surface area contributed by atoms with Crippen molar-refractivity contribution in [3.05, 3.63) is 11.9 Å². The van der Waals surface area contributed by atoms with E-state index in [4.69, 9.17) is 5.11 Å². The fourth-order valence-corrected chi connectivity index (χ4v) is 4.37. The van der Waals surface area contributed by atoms with Crippen molar-refractivity contribution in [2.45, 2.75) is 31.8 Å². The third kappa shape index (κ3) is 1.72. The van der Waals surface area contributed by atoms with Crippen LogP contribution in [0.15, 0.2) is 6.20 Å². The van der Waals surface area contributed by atoms with E-state index in [-0.39, 0.29) is 18.1 Å². The maximum atomic E-state index is 12.0. The molecule has 3 fully saturated rings. The van der Waals surface area contributed by atoms with Crippen molar-refractivity contribution in [2.75, 3.05) is 0 Å². The van der Waals surface area contributed by atoms with Crippen LogP contribution in [0, 0.1) is 23.7 Å². The number of nitrogens with one attached hydrogen (secondary N) is 1. The maximum Gasteiger partial charge on any atom is 0.358 e. The summed E-state index contributed by atoms with van der Waals surface area (Å²) in [6, 6.07) is 0.344. The van der Waals surface area contributed by atoms with Crippen LogP contribution < -0.4 is 5.32 Å². The zero-order valence-corrected chi connectivity index (χ0v) is 10.9. The molecule has 3 aliphatic carbocycles. The lowest BCUT2D eigenvalue weighted by Crippen LogP contribution is -2.33. The van der Waals surface area contributed by atoms with E-state index in [2.05, 4.69) is 15.6 Å². The van der Waals surface area contributed by atoms with E-state index < -0.39 is 5.97 Å². The van der Waals surface area contributed by atoms with Gasteiger partial charge in [0.15, 0.2) is 5.69 Å². The Balaban J connectivity index is 1.34. The molecule has 7 nitrogen and oxygen atoms in total. The number of carbonyl (C=O) groups excluding carboxylic acids is 1. The lowest BCUT2D eigenvalue weighted by atomic mass is 10.0. The molecule has 2 N–H and O–H groups in total. The summed E-state index contributed by atoms with van der Waals surface area (Å²) < 4.78 is 1.27. The normalized spacial score (nSPS) is 36.7. The summed E-state index contributed by atoms with van der Waals surface area (Å²) in [5.74, 6) is 1.79. The average Bonchev–Trinajstić information content (AvgIpc) is 2.83. The molecule has 0 aliphatic heterocycles. The van der Waals surface area contributed by atoms with Gasteiger partial charge >= 0.3 is 5.97 Å². The molecule has 0 radical (unpaired) electrons. The van der Waals surface area contributed by atoms with Crippen molar-refractivity contribution >= 4 is 11.9 Å². The summed E-state index contributed by atoms with van der Waals surface area (Å²) >= 11 is 0. The molecule has 20 heavy (non-hydrogen) atoms. The molecule has 1 amide bonds. The summed E-state index contributed by atoms with van der Waals surface area (Å²) in [5, 5.41) is 18.9. The third-order valence-corrected chi connectivity index (χ3v) is 5.13. The summed E-state index contributed by atoms with van der Waals surface area (Å²) in [4.78, 5) is 22.6. The monoisotopic (exact) mass is 276 g/mol. The smallest absolute Gasteiger partial charge is 0.358 e. The molecule has 0 saturated heterocycles. The molecule has 3 saturated carbocycles. The van der Waals surface area contributed by atoms with Crippen LogP contribution in [0.4, 0.5) is 0 Å². The standard InChI is InChI=1S/C13H16N4O3/c18-9(5-17-4-8(13(19)20)15-16-17)14-12-10-6-1-2-7(3-6)11(10)12/h4,6-7,10-12H,1-3,5H2,(H,14,18)(H,19,20). The molecule has 0 spiro atoms. The molecule has 0 aromatic carbocycles. The molecule has 1 heterocycles. The quantitative estimate of drug-likeness (QED) is 0.815. The van der Waals surface area contributed by atoms with Crippen molar-refractivity contribution in [1.29, 1.82) is 0 Å². The van der Waals surface area contributed by atoms with Gasteiger partial charge in [-0.3, -0.25) is 4.79 Å². The first-order chi connectivity index (χ1) is 9.63. The molecule has 1 aromatic rings. The second-order valence-corrected chi connectivity index (χ2v) is 6.19. The Morgan fingerprint density at radius 2 is 2.05 bits per heavy atom. The van der Waals surface area contributed by atoms with Gasteiger partial charge in [0.05, 0.1) is 6.20 Å². The summed E-state index contributed by atoms with van der Waals surface area (Å²) in [6.07, 6.45) is 5.28. The second-order valence-electron chi connectivity index (χ2n) is 6.19. The van der Waals surface area contributed by atoms with Gasteiger partial charge in [0.1, 0.15) is 6.54 Å². The molecule has 106 valence electrons. The first-order valence-corrected chi connectivity index (χ1v) is 7.06. The highest BCUT2D eigenvalue weighted by Crippen LogP contribution is 2.65. The number of carboxylic acid groups (broad SMARTS) is 1. The summed E-state index contributed by atoms with van der Waals surface area (Å²) in [6.45, 7) is 0.0333. The van der Waals surface area contributed by atoms with Gasteiger partial charge in [-0.2, -0.15) is 0 Å². The lowest BCUT2D eigenvalue weighted by molar-refractivity contribution is -0.122. The van der Waals surface area contributed by atoms with E-state index in [1.165, 1.54) is 30.1 Å². The van der Waals surface area contributed by atoms with Gasteiger partial charge in [-0.15, -0.1) is 5.10 Å². The molecular weight excluding hydrogens is 260 g/mol. The number of nitrogens with zero attached hydrogens (tertiary/aromatic N) is 3.